The van der Waals surface area contributed by atoms with Gasteiger partial charge in [-0.1, -0.05) is 39.8 Å². The Labute approximate surface area is 114 Å². The van der Waals surface area contributed by atoms with Crippen LogP contribution in [0.3, 0.4) is 0 Å². The molecular formula is C18H30. The van der Waals surface area contributed by atoms with Crippen LogP contribution in [0.4, 0.5) is 0 Å². The number of fused-ring (bicyclic) bond motifs is 2. The van der Waals surface area contributed by atoms with E-state index in [9.17, 15) is 0 Å². The van der Waals surface area contributed by atoms with E-state index in [-0.39, 0.29) is 0 Å². The molecule has 1 saturated carbocycles. The quantitative estimate of drug-likeness (QED) is 0.518. The molecule has 0 spiro atoms. The summed E-state index contributed by atoms with van der Waals surface area (Å²) in [4.78, 5) is 0. The molecule has 3 aliphatic carbocycles. The first-order valence-electron chi connectivity index (χ1n) is 7.87. The predicted octanol–water partition coefficient (Wildman–Crippen LogP) is 6.11. The fourth-order valence-corrected chi connectivity index (χ4v) is 3.61. The maximum absolute atomic E-state index is 2.31. The molecule has 0 aromatic heterocycles. The Morgan fingerprint density at radius 2 is 0.944 bits per heavy atom. The second-order valence-corrected chi connectivity index (χ2v) is 5.08. The average molecular weight is 246 g/mol. The molecule has 0 atom stereocenters. The van der Waals surface area contributed by atoms with E-state index in [1.54, 1.807) is 22.3 Å². The van der Waals surface area contributed by atoms with E-state index in [1.165, 1.54) is 25.7 Å². The van der Waals surface area contributed by atoms with Crippen molar-refractivity contribution < 1.29 is 0 Å². The molecule has 0 saturated heterocycles. The third-order valence-electron chi connectivity index (χ3n) is 4.27. The molecule has 18 heavy (non-hydrogen) atoms. The van der Waals surface area contributed by atoms with Crippen molar-refractivity contribution in [2.24, 2.45) is 0 Å². The second-order valence-electron chi connectivity index (χ2n) is 5.08. The Bertz CT molecular complexity index is 331. The Kier molecular flexibility index (Phi) is 5.91. The molecule has 1 fully saturated rings. The first-order valence-corrected chi connectivity index (χ1v) is 7.87. The van der Waals surface area contributed by atoms with E-state index in [1.807, 2.05) is 27.7 Å². The fourth-order valence-electron chi connectivity index (χ4n) is 3.61. The van der Waals surface area contributed by atoms with Gasteiger partial charge in [0.25, 0.3) is 0 Å². The van der Waals surface area contributed by atoms with Gasteiger partial charge in [-0.25, -0.2) is 0 Å². The molecule has 102 valence electrons. The summed E-state index contributed by atoms with van der Waals surface area (Å²) in [7, 11) is 0. The van der Waals surface area contributed by atoms with Gasteiger partial charge in [0.1, 0.15) is 0 Å². The third-order valence-corrected chi connectivity index (χ3v) is 4.27. The molecule has 0 aliphatic heterocycles. The molecule has 0 radical (unpaired) electrons. The molecule has 0 heteroatoms. The van der Waals surface area contributed by atoms with Gasteiger partial charge in [0.2, 0.25) is 0 Å². The number of hydrogen-bond donors (Lipinski definition) is 0. The van der Waals surface area contributed by atoms with Crippen molar-refractivity contribution in [3.63, 3.8) is 0 Å². The highest BCUT2D eigenvalue weighted by molar-refractivity contribution is 5.47. The van der Waals surface area contributed by atoms with Crippen LogP contribution in [0, 0.1) is 13.8 Å². The summed E-state index contributed by atoms with van der Waals surface area (Å²) in [6, 6.07) is 4.63. The van der Waals surface area contributed by atoms with Crippen LogP contribution < -0.4 is 0 Å². The molecule has 3 aliphatic rings. The van der Waals surface area contributed by atoms with E-state index in [0.717, 1.165) is 11.8 Å². The number of rotatable bonds is 0. The first kappa shape index (κ1) is 15.3. The van der Waals surface area contributed by atoms with E-state index < -0.39 is 0 Å². The summed E-state index contributed by atoms with van der Waals surface area (Å²) in [5, 5.41) is 0. The smallest absolute Gasteiger partial charge is 0.0156 e. The second kappa shape index (κ2) is 6.97. The lowest BCUT2D eigenvalue weighted by molar-refractivity contribution is 0.356. The van der Waals surface area contributed by atoms with Gasteiger partial charge in [-0.2, -0.15) is 0 Å². The van der Waals surface area contributed by atoms with Gasteiger partial charge < -0.3 is 0 Å². The van der Waals surface area contributed by atoms with E-state index >= 15 is 0 Å². The highest BCUT2D eigenvalue weighted by Crippen LogP contribution is 2.51. The van der Waals surface area contributed by atoms with Crippen LogP contribution in [0.25, 0.3) is 0 Å². The van der Waals surface area contributed by atoms with Gasteiger partial charge in [-0.3, -0.25) is 0 Å². The Morgan fingerprint density at radius 3 is 1.22 bits per heavy atom. The summed E-state index contributed by atoms with van der Waals surface area (Å²) >= 11 is 0. The number of aryl methyl sites for hydroxylation is 2. The minimum Gasteiger partial charge on any atom is -0.0683 e. The van der Waals surface area contributed by atoms with Crippen LogP contribution in [0.1, 0.15) is 87.5 Å². The molecule has 4 rings (SSSR count). The zero-order chi connectivity index (χ0) is 13.7. The van der Waals surface area contributed by atoms with Gasteiger partial charge in [0, 0.05) is 0 Å². The molecule has 1 aromatic carbocycles. The standard InChI is InChI=1S/C14H18.2C2H6/c1-9-3-4-10(2)14-12-7-5-11(6-8-12)13(9)14;2*1-2/h3-4,11-12H,5-8H2,1-2H3;2*1-2H3. The summed E-state index contributed by atoms with van der Waals surface area (Å²) in [5.74, 6) is 1.80. The van der Waals surface area contributed by atoms with Crippen LogP contribution >= 0.6 is 0 Å². The molecular weight excluding hydrogens is 216 g/mol. The van der Waals surface area contributed by atoms with Crippen LogP contribution in [0.2, 0.25) is 0 Å². The molecule has 1 aromatic rings. The van der Waals surface area contributed by atoms with Crippen molar-refractivity contribution in [2.75, 3.05) is 0 Å². The highest BCUT2D eigenvalue weighted by Gasteiger charge is 2.34. The molecule has 0 amide bonds. The lowest BCUT2D eigenvalue weighted by Crippen LogP contribution is -2.23. The fraction of sp³-hybridized carbons (Fsp3) is 0.667. The van der Waals surface area contributed by atoms with Crippen molar-refractivity contribution in [1.29, 1.82) is 0 Å². The Balaban J connectivity index is 0.000000371. The minimum absolute atomic E-state index is 0.898. The molecule has 2 bridgehead atoms. The van der Waals surface area contributed by atoms with Crippen LogP contribution in [-0.2, 0) is 0 Å². The zero-order valence-corrected chi connectivity index (χ0v) is 13.1. The van der Waals surface area contributed by atoms with E-state index in [0.29, 0.717) is 0 Å². The third kappa shape index (κ3) is 2.63. The van der Waals surface area contributed by atoms with Crippen LogP contribution in [-0.4, -0.2) is 0 Å². The lowest BCUT2D eigenvalue weighted by Gasteiger charge is -2.40. The topological polar surface area (TPSA) is 0 Å². The SMILES string of the molecule is CC.CC.Cc1ccc(C)c2c1C1CCC2CC1. The molecule has 0 N–H and O–H groups in total. The number of benzene rings is 1. The molecule has 0 heterocycles. The van der Waals surface area contributed by atoms with Crippen LogP contribution in [0.5, 0.6) is 0 Å². The summed E-state index contributed by atoms with van der Waals surface area (Å²) in [6.07, 6.45) is 5.79. The molecule has 0 nitrogen and oxygen atoms in total. The van der Waals surface area contributed by atoms with Crippen molar-refractivity contribution >= 4 is 0 Å². The van der Waals surface area contributed by atoms with E-state index in [4.69, 9.17) is 0 Å². The van der Waals surface area contributed by atoms with Gasteiger partial charge in [0.15, 0.2) is 0 Å². The normalized spacial score (nSPS) is 23.2. The first-order chi connectivity index (χ1) is 8.77. The Hall–Kier alpha value is -0.780. The largest absolute Gasteiger partial charge is 0.0683 e. The Morgan fingerprint density at radius 1 is 0.667 bits per heavy atom. The van der Waals surface area contributed by atoms with Crippen LogP contribution in [0.15, 0.2) is 12.1 Å². The maximum atomic E-state index is 2.31. The highest BCUT2D eigenvalue weighted by atomic mass is 14.4. The van der Waals surface area contributed by atoms with Crippen molar-refractivity contribution in [2.45, 2.75) is 79.1 Å². The van der Waals surface area contributed by atoms with Gasteiger partial charge in [-0.05, 0) is 73.6 Å². The summed E-state index contributed by atoms with van der Waals surface area (Å²) in [5.41, 5.74) is 6.54. The predicted molar refractivity (Wildman–Crippen MR) is 82.6 cm³/mol. The van der Waals surface area contributed by atoms with Gasteiger partial charge >= 0.3 is 0 Å². The van der Waals surface area contributed by atoms with Gasteiger partial charge in [-0.15, -0.1) is 0 Å². The maximum Gasteiger partial charge on any atom is -0.0156 e. The summed E-state index contributed by atoms with van der Waals surface area (Å²) < 4.78 is 0. The lowest BCUT2D eigenvalue weighted by atomic mass is 9.65. The van der Waals surface area contributed by atoms with Crippen molar-refractivity contribution in [1.82, 2.24) is 0 Å². The summed E-state index contributed by atoms with van der Waals surface area (Å²) in [6.45, 7) is 12.6. The van der Waals surface area contributed by atoms with Crippen molar-refractivity contribution in [3.05, 3.63) is 34.4 Å². The zero-order valence-electron chi connectivity index (χ0n) is 13.1. The average Bonchev–Trinajstić information content (AvgIpc) is 2.48. The van der Waals surface area contributed by atoms with Gasteiger partial charge in [0.05, 0.1) is 0 Å². The monoisotopic (exact) mass is 246 g/mol. The van der Waals surface area contributed by atoms with E-state index in [2.05, 4.69) is 26.0 Å². The molecule has 0 unspecified atom stereocenters. The minimum atomic E-state index is 0.898. The van der Waals surface area contributed by atoms with Crippen molar-refractivity contribution in [3.8, 4) is 0 Å². The number of hydrogen-bond acceptors (Lipinski definition) is 0.